The van der Waals surface area contributed by atoms with Gasteiger partial charge >= 0.3 is 0 Å². The molecular weight excluding hydrogens is 242 g/mol. The number of benzene rings is 1. The SMILES string of the molecule is CCCC(O)CNC(=O)COc1c(C)cccc1C. The van der Waals surface area contributed by atoms with E-state index in [0.29, 0.717) is 6.42 Å². The summed E-state index contributed by atoms with van der Waals surface area (Å²) in [6, 6.07) is 5.86. The zero-order chi connectivity index (χ0) is 14.3. The summed E-state index contributed by atoms with van der Waals surface area (Å²) in [6.07, 6.45) is 1.11. The quantitative estimate of drug-likeness (QED) is 0.792. The molecule has 1 atom stereocenters. The lowest BCUT2D eigenvalue weighted by atomic mass is 10.1. The lowest BCUT2D eigenvalue weighted by molar-refractivity contribution is -0.123. The van der Waals surface area contributed by atoms with E-state index in [2.05, 4.69) is 5.32 Å². The fourth-order valence-electron chi connectivity index (χ4n) is 1.88. The lowest BCUT2D eigenvalue weighted by Gasteiger charge is -2.13. The van der Waals surface area contributed by atoms with Crippen molar-refractivity contribution in [2.75, 3.05) is 13.2 Å². The van der Waals surface area contributed by atoms with Crippen LogP contribution in [0.25, 0.3) is 0 Å². The normalized spacial score (nSPS) is 12.0. The van der Waals surface area contributed by atoms with Crippen molar-refractivity contribution >= 4 is 5.91 Å². The molecule has 0 aromatic heterocycles. The number of ether oxygens (including phenoxy) is 1. The number of aliphatic hydroxyl groups is 1. The molecule has 0 saturated heterocycles. The molecule has 1 unspecified atom stereocenters. The van der Waals surface area contributed by atoms with Gasteiger partial charge in [-0.15, -0.1) is 0 Å². The fourth-order valence-corrected chi connectivity index (χ4v) is 1.88. The van der Waals surface area contributed by atoms with Gasteiger partial charge in [-0.05, 0) is 31.4 Å². The van der Waals surface area contributed by atoms with E-state index in [1.807, 2.05) is 39.0 Å². The molecule has 1 amide bonds. The van der Waals surface area contributed by atoms with E-state index in [0.717, 1.165) is 23.3 Å². The second-order valence-corrected chi connectivity index (χ2v) is 4.76. The Hall–Kier alpha value is -1.55. The van der Waals surface area contributed by atoms with Gasteiger partial charge in [-0.2, -0.15) is 0 Å². The van der Waals surface area contributed by atoms with Gasteiger partial charge in [0.2, 0.25) is 0 Å². The Morgan fingerprint density at radius 3 is 2.58 bits per heavy atom. The third-order valence-corrected chi connectivity index (χ3v) is 2.91. The van der Waals surface area contributed by atoms with E-state index < -0.39 is 6.10 Å². The van der Waals surface area contributed by atoms with Gasteiger partial charge in [0.25, 0.3) is 5.91 Å². The monoisotopic (exact) mass is 265 g/mol. The van der Waals surface area contributed by atoms with Crippen molar-refractivity contribution in [2.45, 2.75) is 39.7 Å². The molecule has 0 heterocycles. The van der Waals surface area contributed by atoms with E-state index in [-0.39, 0.29) is 19.1 Å². The van der Waals surface area contributed by atoms with Gasteiger partial charge < -0.3 is 15.2 Å². The zero-order valence-corrected chi connectivity index (χ0v) is 11.9. The van der Waals surface area contributed by atoms with Crippen LogP contribution in [0.1, 0.15) is 30.9 Å². The molecule has 0 radical (unpaired) electrons. The minimum Gasteiger partial charge on any atom is -0.483 e. The molecule has 106 valence electrons. The minimum absolute atomic E-state index is 0.0233. The number of aryl methyl sites for hydroxylation is 2. The Morgan fingerprint density at radius 1 is 1.37 bits per heavy atom. The summed E-state index contributed by atoms with van der Waals surface area (Å²) in [5.41, 5.74) is 2.03. The van der Waals surface area contributed by atoms with Gasteiger partial charge in [0.15, 0.2) is 6.61 Å². The fraction of sp³-hybridized carbons (Fsp3) is 0.533. The van der Waals surface area contributed by atoms with Crippen molar-refractivity contribution < 1.29 is 14.6 Å². The summed E-state index contributed by atoms with van der Waals surface area (Å²) in [5, 5.41) is 12.2. The van der Waals surface area contributed by atoms with Crippen molar-refractivity contribution in [3.8, 4) is 5.75 Å². The summed E-state index contributed by atoms with van der Waals surface area (Å²) in [4.78, 5) is 11.6. The Balaban J connectivity index is 2.38. The molecule has 19 heavy (non-hydrogen) atoms. The molecule has 0 fully saturated rings. The largest absolute Gasteiger partial charge is 0.483 e. The van der Waals surface area contributed by atoms with Crippen molar-refractivity contribution in [1.82, 2.24) is 5.32 Å². The number of hydrogen-bond acceptors (Lipinski definition) is 3. The first kappa shape index (κ1) is 15.5. The van der Waals surface area contributed by atoms with Crippen LogP contribution >= 0.6 is 0 Å². The second-order valence-electron chi connectivity index (χ2n) is 4.76. The van der Waals surface area contributed by atoms with Crippen LogP contribution in [0.2, 0.25) is 0 Å². The molecule has 0 spiro atoms. The Kier molecular flexibility index (Phi) is 6.36. The van der Waals surface area contributed by atoms with Crippen molar-refractivity contribution in [3.05, 3.63) is 29.3 Å². The van der Waals surface area contributed by atoms with Crippen molar-refractivity contribution in [2.24, 2.45) is 0 Å². The summed E-state index contributed by atoms with van der Waals surface area (Å²) in [6.45, 7) is 6.15. The van der Waals surface area contributed by atoms with Crippen LogP contribution in [0, 0.1) is 13.8 Å². The van der Waals surface area contributed by atoms with E-state index in [1.54, 1.807) is 0 Å². The van der Waals surface area contributed by atoms with Gasteiger partial charge in [-0.3, -0.25) is 4.79 Å². The predicted molar refractivity (Wildman–Crippen MR) is 75.3 cm³/mol. The van der Waals surface area contributed by atoms with Crippen LogP contribution in [-0.4, -0.2) is 30.3 Å². The first-order chi connectivity index (χ1) is 9.04. The van der Waals surface area contributed by atoms with Crippen LogP contribution < -0.4 is 10.1 Å². The number of para-hydroxylation sites is 1. The maximum absolute atomic E-state index is 11.6. The molecular formula is C15H23NO3. The number of aliphatic hydroxyl groups excluding tert-OH is 1. The average Bonchev–Trinajstić information content (AvgIpc) is 2.36. The van der Waals surface area contributed by atoms with Crippen LogP contribution in [0.3, 0.4) is 0 Å². The van der Waals surface area contributed by atoms with E-state index >= 15 is 0 Å². The number of carbonyl (C=O) groups excluding carboxylic acids is 1. The highest BCUT2D eigenvalue weighted by Crippen LogP contribution is 2.21. The number of amides is 1. The van der Waals surface area contributed by atoms with E-state index in [1.165, 1.54) is 0 Å². The molecule has 4 nitrogen and oxygen atoms in total. The molecule has 0 aliphatic rings. The van der Waals surface area contributed by atoms with Crippen LogP contribution in [-0.2, 0) is 4.79 Å². The molecule has 1 aromatic rings. The first-order valence-corrected chi connectivity index (χ1v) is 6.68. The van der Waals surface area contributed by atoms with Crippen LogP contribution in [0.4, 0.5) is 0 Å². The molecule has 0 bridgehead atoms. The maximum atomic E-state index is 11.6. The lowest BCUT2D eigenvalue weighted by Crippen LogP contribution is -2.35. The average molecular weight is 265 g/mol. The summed E-state index contributed by atoms with van der Waals surface area (Å²) < 4.78 is 5.53. The van der Waals surface area contributed by atoms with Crippen molar-refractivity contribution in [1.29, 1.82) is 0 Å². The first-order valence-electron chi connectivity index (χ1n) is 6.68. The Bertz CT molecular complexity index is 398. The van der Waals surface area contributed by atoms with Gasteiger partial charge in [0.05, 0.1) is 6.10 Å². The smallest absolute Gasteiger partial charge is 0.258 e. The molecule has 4 heteroatoms. The second kappa shape index (κ2) is 7.79. The maximum Gasteiger partial charge on any atom is 0.258 e. The number of hydrogen-bond donors (Lipinski definition) is 2. The Labute approximate surface area is 114 Å². The molecule has 0 saturated carbocycles. The van der Waals surface area contributed by atoms with Crippen LogP contribution in [0.5, 0.6) is 5.75 Å². The summed E-state index contributed by atoms with van der Waals surface area (Å²) in [7, 11) is 0. The minimum atomic E-state index is -0.478. The van der Waals surface area contributed by atoms with E-state index in [9.17, 15) is 9.90 Å². The number of rotatable bonds is 7. The van der Waals surface area contributed by atoms with Gasteiger partial charge in [-0.25, -0.2) is 0 Å². The van der Waals surface area contributed by atoms with Crippen LogP contribution in [0.15, 0.2) is 18.2 Å². The van der Waals surface area contributed by atoms with Gasteiger partial charge in [-0.1, -0.05) is 31.5 Å². The molecule has 0 aliphatic heterocycles. The highest BCUT2D eigenvalue weighted by atomic mass is 16.5. The van der Waals surface area contributed by atoms with E-state index in [4.69, 9.17) is 4.74 Å². The predicted octanol–water partition coefficient (Wildman–Crippen LogP) is 1.96. The third-order valence-electron chi connectivity index (χ3n) is 2.91. The number of nitrogens with one attached hydrogen (secondary N) is 1. The highest BCUT2D eigenvalue weighted by Gasteiger charge is 2.09. The molecule has 0 aliphatic carbocycles. The topological polar surface area (TPSA) is 58.6 Å². The van der Waals surface area contributed by atoms with Gasteiger partial charge in [0.1, 0.15) is 5.75 Å². The zero-order valence-electron chi connectivity index (χ0n) is 11.9. The molecule has 1 rings (SSSR count). The molecule has 2 N–H and O–H groups in total. The van der Waals surface area contributed by atoms with Gasteiger partial charge in [0, 0.05) is 6.54 Å². The summed E-state index contributed by atoms with van der Waals surface area (Å²) >= 11 is 0. The van der Waals surface area contributed by atoms with Crippen molar-refractivity contribution in [3.63, 3.8) is 0 Å². The Morgan fingerprint density at radius 2 is 2.00 bits per heavy atom. The number of carbonyl (C=O) groups is 1. The molecule has 1 aromatic carbocycles. The summed E-state index contributed by atoms with van der Waals surface area (Å²) in [5.74, 6) is 0.546. The highest BCUT2D eigenvalue weighted by molar-refractivity contribution is 5.77. The third kappa shape index (κ3) is 5.30. The standard InChI is InChI=1S/C15H23NO3/c1-4-6-13(17)9-16-14(18)10-19-15-11(2)7-5-8-12(15)3/h5,7-8,13,17H,4,6,9-10H2,1-3H3,(H,16,18).